The maximum Gasteiger partial charge on any atom is 0.219 e. The molecule has 1 amide bonds. The third kappa shape index (κ3) is 3.27. The Balaban J connectivity index is 1.48. The first kappa shape index (κ1) is 14.1. The second-order valence-corrected chi connectivity index (χ2v) is 5.84. The van der Waals surface area contributed by atoms with Crippen LogP contribution in [0, 0.1) is 0 Å². The molecular weight excluding hydrogens is 262 g/mol. The lowest BCUT2D eigenvalue weighted by Gasteiger charge is -2.31. The molecule has 2 aromatic rings. The monoisotopic (exact) mass is 285 g/mol. The van der Waals surface area contributed by atoms with Gasteiger partial charge in [-0.25, -0.2) is 0 Å². The number of amides is 1. The number of hydrogen-bond acceptors (Lipinski definition) is 2. The van der Waals surface area contributed by atoms with E-state index in [1.54, 1.807) is 6.92 Å². The zero-order valence-electron chi connectivity index (χ0n) is 12.6. The van der Waals surface area contributed by atoms with Crippen molar-refractivity contribution in [1.29, 1.82) is 0 Å². The highest BCUT2D eigenvalue weighted by atomic mass is 16.2. The highest BCUT2D eigenvalue weighted by Crippen LogP contribution is 2.18. The molecule has 0 atom stereocenters. The normalized spacial score (nSPS) is 16.5. The SMILES string of the molecule is CC(=O)N1CCC(NCCc2c[nH]c3ccccc23)CC1. The molecule has 0 saturated carbocycles. The Kier molecular flexibility index (Phi) is 4.25. The highest BCUT2D eigenvalue weighted by Gasteiger charge is 2.19. The number of aromatic amines is 1. The molecule has 0 spiro atoms. The van der Waals surface area contributed by atoms with Gasteiger partial charge in [0.05, 0.1) is 0 Å². The second-order valence-electron chi connectivity index (χ2n) is 5.84. The van der Waals surface area contributed by atoms with Crippen molar-refractivity contribution in [3.05, 3.63) is 36.0 Å². The smallest absolute Gasteiger partial charge is 0.219 e. The maximum absolute atomic E-state index is 11.3. The summed E-state index contributed by atoms with van der Waals surface area (Å²) >= 11 is 0. The summed E-state index contributed by atoms with van der Waals surface area (Å²) in [5.41, 5.74) is 2.58. The van der Waals surface area contributed by atoms with Crippen molar-refractivity contribution in [2.45, 2.75) is 32.2 Å². The molecule has 1 saturated heterocycles. The van der Waals surface area contributed by atoms with Gasteiger partial charge >= 0.3 is 0 Å². The van der Waals surface area contributed by atoms with Crippen LogP contribution in [0.1, 0.15) is 25.3 Å². The molecule has 1 aromatic heterocycles. The number of H-pyrrole nitrogens is 1. The van der Waals surface area contributed by atoms with Crippen molar-refractivity contribution in [3.8, 4) is 0 Å². The summed E-state index contributed by atoms with van der Waals surface area (Å²) in [5, 5.41) is 4.96. The van der Waals surface area contributed by atoms with Crippen LogP contribution in [0.5, 0.6) is 0 Å². The molecule has 112 valence electrons. The Morgan fingerprint density at radius 1 is 1.33 bits per heavy atom. The maximum atomic E-state index is 11.3. The number of nitrogens with zero attached hydrogens (tertiary/aromatic N) is 1. The van der Waals surface area contributed by atoms with E-state index in [0.29, 0.717) is 6.04 Å². The van der Waals surface area contributed by atoms with Crippen LogP contribution in [0.25, 0.3) is 10.9 Å². The third-order valence-corrected chi connectivity index (χ3v) is 4.44. The van der Waals surface area contributed by atoms with E-state index in [-0.39, 0.29) is 5.91 Å². The topological polar surface area (TPSA) is 48.1 Å². The van der Waals surface area contributed by atoms with E-state index in [2.05, 4.69) is 40.8 Å². The molecule has 0 aliphatic carbocycles. The van der Waals surface area contributed by atoms with Crippen LogP contribution in [-0.2, 0) is 11.2 Å². The van der Waals surface area contributed by atoms with E-state index in [4.69, 9.17) is 0 Å². The van der Waals surface area contributed by atoms with Crippen molar-refractivity contribution in [1.82, 2.24) is 15.2 Å². The number of carbonyl (C=O) groups is 1. The Labute approximate surface area is 125 Å². The molecule has 0 radical (unpaired) electrons. The largest absolute Gasteiger partial charge is 0.361 e. The van der Waals surface area contributed by atoms with Crippen molar-refractivity contribution in [3.63, 3.8) is 0 Å². The van der Waals surface area contributed by atoms with Crippen LogP contribution in [-0.4, -0.2) is 41.5 Å². The molecule has 4 nitrogen and oxygen atoms in total. The van der Waals surface area contributed by atoms with Crippen LogP contribution in [0.4, 0.5) is 0 Å². The number of nitrogens with one attached hydrogen (secondary N) is 2. The molecule has 1 aliphatic rings. The third-order valence-electron chi connectivity index (χ3n) is 4.44. The molecule has 4 heteroatoms. The lowest BCUT2D eigenvalue weighted by molar-refractivity contribution is -0.129. The van der Waals surface area contributed by atoms with Crippen LogP contribution < -0.4 is 5.32 Å². The summed E-state index contributed by atoms with van der Waals surface area (Å²) in [6.07, 6.45) is 5.28. The molecule has 1 fully saturated rings. The fourth-order valence-corrected chi connectivity index (χ4v) is 3.15. The van der Waals surface area contributed by atoms with Gasteiger partial charge in [0.2, 0.25) is 5.91 Å². The zero-order valence-corrected chi connectivity index (χ0v) is 12.6. The average molecular weight is 285 g/mol. The number of hydrogen-bond donors (Lipinski definition) is 2. The molecule has 1 aliphatic heterocycles. The van der Waals surface area contributed by atoms with Crippen LogP contribution >= 0.6 is 0 Å². The summed E-state index contributed by atoms with van der Waals surface area (Å²) in [7, 11) is 0. The van der Waals surface area contributed by atoms with E-state index in [0.717, 1.165) is 38.9 Å². The predicted molar refractivity (Wildman–Crippen MR) is 85.3 cm³/mol. The van der Waals surface area contributed by atoms with Gasteiger partial charge in [-0.1, -0.05) is 18.2 Å². The Morgan fingerprint density at radius 2 is 2.10 bits per heavy atom. The van der Waals surface area contributed by atoms with Gasteiger partial charge in [0.25, 0.3) is 0 Å². The Morgan fingerprint density at radius 3 is 2.86 bits per heavy atom. The fourth-order valence-electron chi connectivity index (χ4n) is 3.15. The summed E-state index contributed by atoms with van der Waals surface area (Å²) < 4.78 is 0. The van der Waals surface area contributed by atoms with Crippen LogP contribution in [0.3, 0.4) is 0 Å². The average Bonchev–Trinajstić information content (AvgIpc) is 2.91. The van der Waals surface area contributed by atoms with Gasteiger partial charge in [0.1, 0.15) is 0 Å². The number of likely N-dealkylation sites (tertiary alicyclic amines) is 1. The van der Waals surface area contributed by atoms with E-state index in [1.807, 2.05) is 4.90 Å². The van der Waals surface area contributed by atoms with Crippen LogP contribution in [0.15, 0.2) is 30.5 Å². The minimum atomic E-state index is 0.201. The van der Waals surface area contributed by atoms with Crippen molar-refractivity contribution in [2.75, 3.05) is 19.6 Å². The molecule has 0 bridgehead atoms. The van der Waals surface area contributed by atoms with Crippen LogP contribution in [0.2, 0.25) is 0 Å². The molecule has 3 rings (SSSR count). The summed E-state index contributed by atoms with van der Waals surface area (Å²) in [6.45, 7) is 4.43. The number of rotatable bonds is 4. The molecule has 1 aromatic carbocycles. The fraction of sp³-hybridized carbons (Fsp3) is 0.471. The van der Waals surface area contributed by atoms with Gasteiger partial charge < -0.3 is 15.2 Å². The molecular formula is C17H23N3O. The quantitative estimate of drug-likeness (QED) is 0.905. The number of carbonyl (C=O) groups excluding carboxylic acids is 1. The first-order valence-corrected chi connectivity index (χ1v) is 7.78. The first-order valence-electron chi connectivity index (χ1n) is 7.78. The highest BCUT2D eigenvalue weighted by molar-refractivity contribution is 5.83. The number of para-hydroxylation sites is 1. The van der Waals surface area contributed by atoms with E-state index in [1.165, 1.54) is 16.5 Å². The molecule has 2 heterocycles. The van der Waals surface area contributed by atoms with Gasteiger partial charge in [-0.2, -0.15) is 0 Å². The van der Waals surface area contributed by atoms with Crippen molar-refractivity contribution in [2.24, 2.45) is 0 Å². The number of benzene rings is 1. The van der Waals surface area contributed by atoms with E-state index >= 15 is 0 Å². The number of aromatic nitrogens is 1. The van der Waals surface area contributed by atoms with Gasteiger partial charge in [-0.05, 0) is 37.4 Å². The first-order chi connectivity index (χ1) is 10.2. The minimum Gasteiger partial charge on any atom is -0.361 e. The summed E-state index contributed by atoms with van der Waals surface area (Å²) in [4.78, 5) is 16.6. The Hall–Kier alpha value is -1.81. The number of piperidine rings is 1. The molecule has 2 N–H and O–H groups in total. The van der Waals surface area contributed by atoms with E-state index in [9.17, 15) is 4.79 Å². The summed E-state index contributed by atoms with van der Waals surface area (Å²) in [6, 6.07) is 8.98. The van der Waals surface area contributed by atoms with E-state index < -0.39 is 0 Å². The van der Waals surface area contributed by atoms with Gasteiger partial charge in [-0.3, -0.25) is 4.79 Å². The van der Waals surface area contributed by atoms with Gasteiger partial charge in [0, 0.05) is 43.2 Å². The zero-order chi connectivity index (χ0) is 14.7. The van der Waals surface area contributed by atoms with Gasteiger partial charge in [-0.15, -0.1) is 0 Å². The minimum absolute atomic E-state index is 0.201. The second kappa shape index (κ2) is 6.31. The van der Waals surface area contributed by atoms with Gasteiger partial charge in [0.15, 0.2) is 0 Å². The predicted octanol–water partition coefficient (Wildman–Crippen LogP) is 2.31. The number of fused-ring (bicyclic) bond motifs is 1. The van der Waals surface area contributed by atoms with Crippen molar-refractivity contribution < 1.29 is 4.79 Å². The lowest BCUT2D eigenvalue weighted by Crippen LogP contribution is -2.44. The molecule has 0 unspecified atom stereocenters. The lowest BCUT2D eigenvalue weighted by atomic mass is 10.0. The van der Waals surface area contributed by atoms with Crippen molar-refractivity contribution >= 4 is 16.8 Å². The standard InChI is InChI=1S/C17H23N3O/c1-13(21)20-10-7-15(8-11-20)18-9-6-14-12-19-17-5-3-2-4-16(14)17/h2-5,12,15,18-19H,6-11H2,1H3. The Bertz CT molecular complexity index is 611. The molecule has 21 heavy (non-hydrogen) atoms. The summed E-state index contributed by atoms with van der Waals surface area (Å²) in [5.74, 6) is 0.201.